The molecule has 0 fully saturated rings. The number of halogens is 1. The summed E-state index contributed by atoms with van der Waals surface area (Å²) in [6.07, 6.45) is 2.68. The minimum Gasteiger partial charge on any atom is -0.365 e. The second-order valence-electron chi connectivity index (χ2n) is 4.39. The normalized spacial score (nSPS) is 23.3. The fourth-order valence-corrected chi connectivity index (χ4v) is 1.74. The molecule has 1 unspecified atom stereocenters. The van der Waals surface area contributed by atoms with Crippen molar-refractivity contribution < 1.29 is 0 Å². The Morgan fingerprint density at radius 2 is 2.15 bits per heavy atom. The molecule has 1 N–H and O–H groups in total. The van der Waals surface area contributed by atoms with Gasteiger partial charge in [-0.05, 0) is 5.41 Å². The van der Waals surface area contributed by atoms with Gasteiger partial charge in [0.05, 0.1) is 11.1 Å². The van der Waals surface area contributed by atoms with Crippen molar-refractivity contribution in [2.24, 2.45) is 10.4 Å². The molecule has 0 saturated heterocycles. The molecule has 3 heteroatoms. The largest absolute Gasteiger partial charge is 0.365 e. The third-order valence-corrected chi connectivity index (χ3v) is 2.45. The summed E-state index contributed by atoms with van der Waals surface area (Å²) < 4.78 is 0. The van der Waals surface area contributed by atoms with Crippen LogP contribution in [0.4, 0.5) is 0 Å². The predicted molar refractivity (Wildman–Crippen MR) is 58.0 cm³/mol. The molecule has 0 radical (unpaired) electrons. The molecule has 0 saturated carbocycles. The summed E-state index contributed by atoms with van der Waals surface area (Å²) in [5.41, 5.74) is 0.129. The molecule has 74 valence electrons. The Morgan fingerprint density at radius 3 is 2.62 bits per heavy atom. The summed E-state index contributed by atoms with van der Waals surface area (Å²) in [7, 11) is 0. The molecule has 0 aromatic heterocycles. The molecular formula is C10H17ClN2. The summed E-state index contributed by atoms with van der Waals surface area (Å²) in [4.78, 5) is 4.20. The van der Waals surface area contributed by atoms with Gasteiger partial charge < -0.3 is 5.32 Å². The van der Waals surface area contributed by atoms with E-state index < -0.39 is 0 Å². The Labute approximate surface area is 85.1 Å². The fourth-order valence-electron chi connectivity index (χ4n) is 1.31. The van der Waals surface area contributed by atoms with Gasteiger partial charge in [0.2, 0.25) is 0 Å². The molecule has 0 aromatic carbocycles. The van der Waals surface area contributed by atoms with E-state index >= 15 is 0 Å². The van der Waals surface area contributed by atoms with E-state index in [-0.39, 0.29) is 11.5 Å². The number of hydrogen-bond acceptors (Lipinski definition) is 2. The minimum atomic E-state index is 0.129. The Bertz CT molecular complexity index is 248. The second kappa shape index (κ2) is 3.70. The summed E-state index contributed by atoms with van der Waals surface area (Å²) in [5.74, 6) is 1.02. The van der Waals surface area contributed by atoms with Gasteiger partial charge in [0.25, 0.3) is 0 Å². The number of nitrogens with one attached hydrogen (secondary N) is 1. The third-order valence-electron chi connectivity index (χ3n) is 2.13. The molecule has 0 aromatic rings. The lowest BCUT2D eigenvalue weighted by Gasteiger charge is -2.33. The first kappa shape index (κ1) is 10.6. The van der Waals surface area contributed by atoms with Crippen LogP contribution in [0.15, 0.2) is 16.2 Å². The molecule has 0 spiro atoms. The van der Waals surface area contributed by atoms with E-state index in [9.17, 15) is 0 Å². The van der Waals surface area contributed by atoms with Gasteiger partial charge in [-0.2, -0.15) is 0 Å². The highest BCUT2D eigenvalue weighted by atomic mass is 35.5. The number of amidine groups is 1. The first-order chi connectivity index (χ1) is 5.95. The molecule has 1 heterocycles. The minimum absolute atomic E-state index is 0.129. The van der Waals surface area contributed by atoms with Crippen LogP contribution in [0.25, 0.3) is 0 Å². The summed E-state index contributed by atoms with van der Waals surface area (Å²) in [6.45, 7) is 8.58. The highest BCUT2D eigenvalue weighted by Gasteiger charge is 2.29. The van der Waals surface area contributed by atoms with Crippen molar-refractivity contribution in [2.45, 2.75) is 40.2 Å². The van der Waals surface area contributed by atoms with Crippen LogP contribution in [0.2, 0.25) is 0 Å². The molecule has 0 amide bonds. The molecule has 1 aliphatic heterocycles. The maximum absolute atomic E-state index is 6.08. The standard InChI is InChI=1S/C10H17ClN2/c1-5-8-12-6-7(11)9(13-8)10(2,3)4/h6,9H,5H2,1-4H3,(H,12,13). The van der Waals surface area contributed by atoms with E-state index in [2.05, 4.69) is 38.0 Å². The third kappa shape index (κ3) is 2.47. The monoisotopic (exact) mass is 200 g/mol. The van der Waals surface area contributed by atoms with Gasteiger partial charge in [0.15, 0.2) is 0 Å². The first-order valence-electron chi connectivity index (χ1n) is 4.64. The first-order valence-corrected chi connectivity index (χ1v) is 5.01. The topological polar surface area (TPSA) is 24.4 Å². The maximum atomic E-state index is 6.08. The lowest BCUT2D eigenvalue weighted by Crippen LogP contribution is -2.45. The molecule has 0 aliphatic carbocycles. The fraction of sp³-hybridized carbons (Fsp3) is 0.700. The Morgan fingerprint density at radius 1 is 1.54 bits per heavy atom. The average Bonchev–Trinajstić information content (AvgIpc) is 2.03. The van der Waals surface area contributed by atoms with Crippen LogP contribution in [-0.2, 0) is 0 Å². The van der Waals surface area contributed by atoms with Gasteiger partial charge in [-0.1, -0.05) is 39.3 Å². The maximum Gasteiger partial charge on any atom is 0.102 e. The summed E-state index contributed by atoms with van der Waals surface area (Å²) >= 11 is 6.08. The van der Waals surface area contributed by atoms with Crippen LogP contribution in [0.5, 0.6) is 0 Å². The molecule has 13 heavy (non-hydrogen) atoms. The smallest absolute Gasteiger partial charge is 0.102 e. The second-order valence-corrected chi connectivity index (χ2v) is 4.82. The molecule has 0 bridgehead atoms. The molecule has 1 aliphatic rings. The Balaban J connectivity index is 2.83. The van der Waals surface area contributed by atoms with Crippen molar-refractivity contribution in [2.75, 3.05) is 0 Å². The van der Waals surface area contributed by atoms with Gasteiger partial charge >= 0.3 is 0 Å². The van der Waals surface area contributed by atoms with E-state index in [1.54, 1.807) is 6.20 Å². The van der Waals surface area contributed by atoms with E-state index in [0.29, 0.717) is 0 Å². The van der Waals surface area contributed by atoms with Crippen molar-refractivity contribution in [1.82, 2.24) is 5.32 Å². The van der Waals surface area contributed by atoms with E-state index in [4.69, 9.17) is 11.6 Å². The van der Waals surface area contributed by atoms with Crippen molar-refractivity contribution in [3.63, 3.8) is 0 Å². The Kier molecular flexibility index (Phi) is 3.01. The SMILES string of the molecule is CCC1=NC=C(Cl)C(C(C)(C)C)N1. The zero-order chi connectivity index (χ0) is 10.1. The molecule has 1 rings (SSSR count). The highest BCUT2D eigenvalue weighted by Crippen LogP contribution is 2.28. The lowest BCUT2D eigenvalue weighted by atomic mass is 9.86. The van der Waals surface area contributed by atoms with Crippen LogP contribution in [0.1, 0.15) is 34.1 Å². The number of aliphatic imine (C=N–C) groups is 1. The number of rotatable bonds is 1. The van der Waals surface area contributed by atoms with Crippen LogP contribution < -0.4 is 5.32 Å². The van der Waals surface area contributed by atoms with Crippen LogP contribution in [0.3, 0.4) is 0 Å². The van der Waals surface area contributed by atoms with Gasteiger partial charge in [-0.25, -0.2) is 4.99 Å². The zero-order valence-electron chi connectivity index (χ0n) is 8.69. The van der Waals surface area contributed by atoms with Gasteiger partial charge in [-0.15, -0.1) is 0 Å². The zero-order valence-corrected chi connectivity index (χ0v) is 9.44. The lowest BCUT2D eigenvalue weighted by molar-refractivity contribution is 0.335. The average molecular weight is 201 g/mol. The van der Waals surface area contributed by atoms with Gasteiger partial charge in [0.1, 0.15) is 5.84 Å². The van der Waals surface area contributed by atoms with Crippen LogP contribution >= 0.6 is 11.6 Å². The van der Waals surface area contributed by atoms with E-state index in [0.717, 1.165) is 17.3 Å². The van der Waals surface area contributed by atoms with Crippen molar-refractivity contribution in [3.8, 4) is 0 Å². The van der Waals surface area contributed by atoms with Gasteiger partial charge in [-0.3, -0.25) is 0 Å². The summed E-state index contributed by atoms with van der Waals surface area (Å²) in [5, 5.41) is 4.14. The van der Waals surface area contributed by atoms with Crippen LogP contribution in [0, 0.1) is 5.41 Å². The molecular weight excluding hydrogens is 184 g/mol. The highest BCUT2D eigenvalue weighted by molar-refractivity contribution is 6.30. The molecule has 1 atom stereocenters. The van der Waals surface area contributed by atoms with Crippen LogP contribution in [-0.4, -0.2) is 11.9 Å². The van der Waals surface area contributed by atoms with Crippen molar-refractivity contribution in [1.29, 1.82) is 0 Å². The number of hydrogen-bond donors (Lipinski definition) is 1. The van der Waals surface area contributed by atoms with Crippen molar-refractivity contribution in [3.05, 3.63) is 11.2 Å². The van der Waals surface area contributed by atoms with E-state index in [1.165, 1.54) is 0 Å². The Hall–Kier alpha value is -0.500. The summed E-state index contributed by atoms with van der Waals surface area (Å²) in [6, 6.07) is 0.196. The van der Waals surface area contributed by atoms with Gasteiger partial charge in [0, 0.05) is 12.6 Å². The molecule has 2 nitrogen and oxygen atoms in total. The predicted octanol–water partition coefficient (Wildman–Crippen LogP) is 2.89. The number of nitrogens with zero attached hydrogens (tertiary/aromatic N) is 1. The quantitative estimate of drug-likeness (QED) is 0.692. The van der Waals surface area contributed by atoms with Crippen molar-refractivity contribution >= 4 is 17.4 Å². The van der Waals surface area contributed by atoms with E-state index in [1.807, 2.05) is 0 Å².